The number of rotatable bonds is 4. The van der Waals surface area contributed by atoms with E-state index in [1.165, 1.54) is 0 Å². The van der Waals surface area contributed by atoms with Crippen molar-refractivity contribution in [3.8, 4) is 0 Å². The number of nitrogens with one attached hydrogen (secondary N) is 1. The lowest BCUT2D eigenvalue weighted by Crippen LogP contribution is -2.43. The number of carbonyl (C=O) groups excluding carboxylic acids is 2. The molecular formula is C15H21N3O2. The van der Waals surface area contributed by atoms with Gasteiger partial charge in [-0.15, -0.1) is 0 Å². The SMILES string of the molecule is NC1CCN(C(=O)CCC(=O)Nc2ccccc2)CC1. The molecule has 0 aliphatic carbocycles. The number of amides is 2. The molecule has 5 nitrogen and oxygen atoms in total. The third kappa shape index (κ3) is 4.35. The Kier molecular flexibility index (Phi) is 5.12. The molecule has 2 rings (SSSR count). The number of likely N-dealkylation sites (tertiary alicyclic amines) is 1. The molecule has 5 heteroatoms. The summed E-state index contributed by atoms with van der Waals surface area (Å²) in [4.78, 5) is 25.5. The highest BCUT2D eigenvalue weighted by Crippen LogP contribution is 2.11. The van der Waals surface area contributed by atoms with Crippen LogP contribution in [0.15, 0.2) is 30.3 Å². The molecule has 0 atom stereocenters. The second-order valence-electron chi connectivity index (χ2n) is 5.13. The molecule has 1 aliphatic rings. The van der Waals surface area contributed by atoms with E-state index in [-0.39, 0.29) is 30.7 Å². The molecule has 0 bridgehead atoms. The number of hydrogen-bond donors (Lipinski definition) is 2. The van der Waals surface area contributed by atoms with E-state index in [2.05, 4.69) is 5.32 Å². The zero-order valence-electron chi connectivity index (χ0n) is 11.5. The number of nitrogens with two attached hydrogens (primary N) is 1. The molecule has 1 fully saturated rings. The minimum absolute atomic E-state index is 0.0418. The van der Waals surface area contributed by atoms with Crippen LogP contribution in [0.1, 0.15) is 25.7 Å². The molecule has 0 aromatic heterocycles. The van der Waals surface area contributed by atoms with Crippen molar-refractivity contribution in [1.29, 1.82) is 0 Å². The summed E-state index contributed by atoms with van der Waals surface area (Å²) < 4.78 is 0. The molecule has 0 unspecified atom stereocenters. The standard InChI is InChI=1S/C15H21N3O2/c16-12-8-10-18(11-9-12)15(20)7-6-14(19)17-13-4-2-1-3-5-13/h1-5,12H,6-11,16H2,(H,17,19). The summed E-state index contributed by atoms with van der Waals surface area (Å²) in [5.74, 6) is -0.0848. The topological polar surface area (TPSA) is 75.4 Å². The molecule has 1 saturated heterocycles. The number of carbonyl (C=O) groups is 2. The number of para-hydroxylation sites is 1. The smallest absolute Gasteiger partial charge is 0.224 e. The molecule has 2 amide bonds. The predicted octanol–water partition coefficient (Wildman–Crippen LogP) is 1.35. The lowest BCUT2D eigenvalue weighted by molar-refractivity contribution is -0.133. The molecule has 20 heavy (non-hydrogen) atoms. The number of hydrogen-bond acceptors (Lipinski definition) is 3. The molecular weight excluding hydrogens is 254 g/mol. The van der Waals surface area contributed by atoms with Crippen LogP contribution >= 0.6 is 0 Å². The second-order valence-corrected chi connectivity index (χ2v) is 5.13. The van der Waals surface area contributed by atoms with Gasteiger partial charge in [0.05, 0.1) is 0 Å². The highest BCUT2D eigenvalue weighted by Gasteiger charge is 2.20. The Bertz CT molecular complexity index is 453. The normalized spacial score (nSPS) is 15.9. The van der Waals surface area contributed by atoms with Gasteiger partial charge in [-0.2, -0.15) is 0 Å². The zero-order valence-corrected chi connectivity index (χ0v) is 11.5. The molecule has 0 spiro atoms. The summed E-state index contributed by atoms with van der Waals surface area (Å²) in [6.07, 6.45) is 2.17. The van der Waals surface area contributed by atoms with Crippen LogP contribution in [0, 0.1) is 0 Å². The van der Waals surface area contributed by atoms with Crippen molar-refractivity contribution in [2.24, 2.45) is 5.73 Å². The van der Waals surface area contributed by atoms with Gasteiger partial charge in [-0.25, -0.2) is 0 Å². The van der Waals surface area contributed by atoms with E-state index < -0.39 is 0 Å². The quantitative estimate of drug-likeness (QED) is 0.871. The van der Waals surface area contributed by atoms with Gasteiger partial charge in [0.15, 0.2) is 0 Å². The third-order valence-corrected chi connectivity index (χ3v) is 3.52. The van der Waals surface area contributed by atoms with E-state index in [0.717, 1.165) is 18.5 Å². The molecule has 108 valence electrons. The summed E-state index contributed by atoms with van der Waals surface area (Å²) in [7, 11) is 0. The summed E-state index contributed by atoms with van der Waals surface area (Å²) in [6, 6.07) is 9.47. The van der Waals surface area contributed by atoms with Crippen molar-refractivity contribution in [2.75, 3.05) is 18.4 Å². The Labute approximate surface area is 119 Å². The van der Waals surface area contributed by atoms with Gasteiger partial charge in [0.1, 0.15) is 0 Å². The Morgan fingerprint density at radius 2 is 1.80 bits per heavy atom. The number of anilines is 1. The number of benzene rings is 1. The Morgan fingerprint density at radius 3 is 2.45 bits per heavy atom. The first-order valence-corrected chi connectivity index (χ1v) is 7.03. The van der Waals surface area contributed by atoms with Crippen LogP contribution in [0.25, 0.3) is 0 Å². The number of piperidine rings is 1. The molecule has 1 heterocycles. The first-order valence-electron chi connectivity index (χ1n) is 7.03. The Balaban J connectivity index is 1.72. The minimum atomic E-state index is -0.127. The summed E-state index contributed by atoms with van der Waals surface area (Å²) in [5, 5.41) is 2.78. The molecule has 0 saturated carbocycles. The van der Waals surface area contributed by atoms with Crippen LogP contribution in [-0.4, -0.2) is 35.8 Å². The Morgan fingerprint density at radius 1 is 1.15 bits per heavy atom. The van der Waals surface area contributed by atoms with Crippen LogP contribution in [0.2, 0.25) is 0 Å². The fourth-order valence-corrected chi connectivity index (χ4v) is 2.27. The fourth-order valence-electron chi connectivity index (χ4n) is 2.27. The van der Waals surface area contributed by atoms with Crippen LogP contribution in [0.5, 0.6) is 0 Å². The highest BCUT2D eigenvalue weighted by molar-refractivity contribution is 5.93. The molecule has 0 radical (unpaired) electrons. The van der Waals surface area contributed by atoms with E-state index in [9.17, 15) is 9.59 Å². The van der Waals surface area contributed by atoms with E-state index in [4.69, 9.17) is 5.73 Å². The van der Waals surface area contributed by atoms with Gasteiger partial charge in [0.25, 0.3) is 0 Å². The maximum absolute atomic E-state index is 12.0. The summed E-state index contributed by atoms with van der Waals surface area (Å²) in [5.41, 5.74) is 6.56. The summed E-state index contributed by atoms with van der Waals surface area (Å²) >= 11 is 0. The third-order valence-electron chi connectivity index (χ3n) is 3.52. The van der Waals surface area contributed by atoms with E-state index >= 15 is 0 Å². The zero-order chi connectivity index (χ0) is 14.4. The van der Waals surface area contributed by atoms with Gasteiger partial charge in [0, 0.05) is 37.7 Å². The van der Waals surface area contributed by atoms with Gasteiger partial charge in [-0.1, -0.05) is 18.2 Å². The van der Waals surface area contributed by atoms with Gasteiger partial charge < -0.3 is 16.0 Å². The molecule has 1 aromatic carbocycles. The number of nitrogens with zero attached hydrogens (tertiary/aromatic N) is 1. The maximum atomic E-state index is 12.0. The van der Waals surface area contributed by atoms with Crippen LogP contribution in [0.4, 0.5) is 5.69 Å². The van der Waals surface area contributed by atoms with E-state index in [1.54, 1.807) is 4.90 Å². The fraction of sp³-hybridized carbons (Fsp3) is 0.467. The molecule has 1 aliphatic heterocycles. The van der Waals surface area contributed by atoms with Crippen LogP contribution in [0.3, 0.4) is 0 Å². The Hall–Kier alpha value is -1.88. The predicted molar refractivity (Wildman–Crippen MR) is 78.1 cm³/mol. The minimum Gasteiger partial charge on any atom is -0.343 e. The van der Waals surface area contributed by atoms with Gasteiger partial charge in [-0.3, -0.25) is 9.59 Å². The van der Waals surface area contributed by atoms with Gasteiger partial charge in [-0.05, 0) is 25.0 Å². The van der Waals surface area contributed by atoms with Crippen molar-refractivity contribution in [2.45, 2.75) is 31.7 Å². The molecule has 3 N–H and O–H groups in total. The van der Waals surface area contributed by atoms with Crippen molar-refractivity contribution in [3.63, 3.8) is 0 Å². The first kappa shape index (κ1) is 14.5. The second kappa shape index (κ2) is 7.05. The monoisotopic (exact) mass is 275 g/mol. The lowest BCUT2D eigenvalue weighted by Gasteiger charge is -2.30. The summed E-state index contributed by atoms with van der Waals surface area (Å²) in [6.45, 7) is 1.42. The first-order chi connectivity index (χ1) is 9.65. The van der Waals surface area contributed by atoms with Crippen molar-refractivity contribution in [3.05, 3.63) is 30.3 Å². The average Bonchev–Trinajstić information content (AvgIpc) is 2.46. The van der Waals surface area contributed by atoms with Gasteiger partial charge >= 0.3 is 0 Å². The van der Waals surface area contributed by atoms with Gasteiger partial charge in [0.2, 0.25) is 11.8 Å². The average molecular weight is 275 g/mol. The van der Waals surface area contributed by atoms with Crippen molar-refractivity contribution >= 4 is 17.5 Å². The van der Waals surface area contributed by atoms with E-state index in [0.29, 0.717) is 13.1 Å². The largest absolute Gasteiger partial charge is 0.343 e. The van der Waals surface area contributed by atoms with E-state index in [1.807, 2.05) is 30.3 Å². The molecule has 1 aromatic rings. The van der Waals surface area contributed by atoms with Crippen LogP contribution in [-0.2, 0) is 9.59 Å². The maximum Gasteiger partial charge on any atom is 0.224 e. The lowest BCUT2D eigenvalue weighted by atomic mass is 10.1. The van der Waals surface area contributed by atoms with Crippen molar-refractivity contribution in [1.82, 2.24) is 4.90 Å². The highest BCUT2D eigenvalue weighted by atomic mass is 16.2. The van der Waals surface area contributed by atoms with Crippen molar-refractivity contribution < 1.29 is 9.59 Å². The van der Waals surface area contributed by atoms with Crippen LogP contribution < -0.4 is 11.1 Å².